The standard InChI is InChI=1S/C15H9F3N2O2/c16-15(17,18)10-5-3-4-9(8-10)13-19-12(14(21)22)11-6-1-2-7-20(11)13/h1-8H,(H,21,22). The van der Waals surface area contributed by atoms with E-state index in [4.69, 9.17) is 0 Å². The van der Waals surface area contributed by atoms with Crippen LogP contribution in [0.15, 0.2) is 48.7 Å². The molecule has 0 saturated carbocycles. The number of hydrogen-bond acceptors (Lipinski definition) is 2. The predicted molar refractivity (Wildman–Crippen MR) is 72.6 cm³/mol. The number of aromatic nitrogens is 2. The fourth-order valence-electron chi connectivity index (χ4n) is 2.23. The average Bonchev–Trinajstić information content (AvgIpc) is 2.86. The molecule has 1 N–H and O–H groups in total. The number of aromatic carboxylic acids is 1. The fourth-order valence-corrected chi connectivity index (χ4v) is 2.23. The third kappa shape index (κ3) is 2.30. The van der Waals surface area contributed by atoms with Gasteiger partial charge >= 0.3 is 12.1 Å². The van der Waals surface area contributed by atoms with Gasteiger partial charge in [0.25, 0.3) is 0 Å². The summed E-state index contributed by atoms with van der Waals surface area (Å²) in [7, 11) is 0. The van der Waals surface area contributed by atoms with Gasteiger partial charge in [-0.15, -0.1) is 0 Å². The molecule has 3 aromatic rings. The number of carboxylic acids is 1. The highest BCUT2D eigenvalue weighted by Gasteiger charge is 2.31. The Morgan fingerprint density at radius 3 is 2.59 bits per heavy atom. The third-order valence-electron chi connectivity index (χ3n) is 3.20. The Hall–Kier alpha value is -2.83. The summed E-state index contributed by atoms with van der Waals surface area (Å²) in [5.41, 5.74) is -0.492. The van der Waals surface area contributed by atoms with E-state index in [1.165, 1.54) is 16.5 Å². The SMILES string of the molecule is O=C(O)c1nc(-c2cccc(C(F)(F)F)c2)n2ccccc12. The van der Waals surface area contributed by atoms with Crippen LogP contribution in [0, 0.1) is 0 Å². The summed E-state index contributed by atoms with van der Waals surface area (Å²) in [5.74, 6) is -1.08. The van der Waals surface area contributed by atoms with Gasteiger partial charge in [0.15, 0.2) is 5.69 Å². The largest absolute Gasteiger partial charge is 0.476 e. The van der Waals surface area contributed by atoms with Crippen LogP contribution in [0.4, 0.5) is 13.2 Å². The summed E-state index contributed by atoms with van der Waals surface area (Å²) in [6.07, 6.45) is -2.91. The number of pyridine rings is 1. The molecule has 0 radical (unpaired) electrons. The Labute approximate surface area is 122 Å². The molecule has 0 aliphatic carbocycles. The van der Waals surface area contributed by atoms with E-state index in [0.29, 0.717) is 5.52 Å². The number of carboxylic acid groups (broad SMARTS) is 1. The van der Waals surface area contributed by atoms with Crippen molar-refractivity contribution in [3.05, 3.63) is 59.9 Å². The van der Waals surface area contributed by atoms with Crippen LogP contribution in [-0.2, 0) is 6.18 Å². The number of nitrogens with zero attached hydrogens (tertiary/aromatic N) is 2. The maximum atomic E-state index is 12.8. The number of rotatable bonds is 2. The van der Waals surface area contributed by atoms with E-state index in [1.54, 1.807) is 24.4 Å². The molecule has 0 amide bonds. The van der Waals surface area contributed by atoms with E-state index in [-0.39, 0.29) is 17.1 Å². The Balaban J connectivity index is 2.25. The molecule has 0 spiro atoms. The summed E-state index contributed by atoms with van der Waals surface area (Å²) in [5, 5.41) is 9.17. The van der Waals surface area contributed by atoms with Crippen molar-refractivity contribution in [2.24, 2.45) is 0 Å². The van der Waals surface area contributed by atoms with Crippen LogP contribution in [0.25, 0.3) is 16.9 Å². The lowest BCUT2D eigenvalue weighted by molar-refractivity contribution is -0.137. The predicted octanol–water partition coefficient (Wildman–Crippen LogP) is 3.72. The van der Waals surface area contributed by atoms with Gasteiger partial charge in [0.1, 0.15) is 5.82 Å². The van der Waals surface area contributed by atoms with Gasteiger partial charge in [0.2, 0.25) is 0 Å². The van der Waals surface area contributed by atoms with Crippen LogP contribution in [0.5, 0.6) is 0 Å². The number of carbonyl (C=O) groups is 1. The first kappa shape index (κ1) is 14.1. The Morgan fingerprint density at radius 1 is 1.14 bits per heavy atom. The summed E-state index contributed by atoms with van der Waals surface area (Å²) in [6, 6.07) is 9.47. The molecule has 2 heterocycles. The smallest absolute Gasteiger partial charge is 0.416 e. The Kier molecular flexibility index (Phi) is 3.13. The molecule has 2 aromatic heterocycles. The van der Waals surface area contributed by atoms with E-state index in [9.17, 15) is 23.1 Å². The zero-order valence-corrected chi connectivity index (χ0v) is 11.0. The number of fused-ring (bicyclic) bond motifs is 1. The quantitative estimate of drug-likeness (QED) is 0.785. The molecular formula is C15H9F3N2O2. The van der Waals surface area contributed by atoms with Crippen LogP contribution in [0.1, 0.15) is 16.1 Å². The van der Waals surface area contributed by atoms with Gasteiger partial charge in [-0.25, -0.2) is 9.78 Å². The minimum Gasteiger partial charge on any atom is -0.476 e. The maximum absolute atomic E-state index is 12.8. The van der Waals surface area contributed by atoms with E-state index >= 15 is 0 Å². The molecule has 0 aliphatic rings. The first-order chi connectivity index (χ1) is 10.4. The number of hydrogen-bond donors (Lipinski definition) is 1. The second-order valence-electron chi connectivity index (χ2n) is 4.62. The van der Waals surface area contributed by atoms with Crippen molar-refractivity contribution in [1.82, 2.24) is 9.38 Å². The van der Waals surface area contributed by atoms with Gasteiger partial charge in [-0.3, -0.25) is 4.40 Å². The minimum absolute atomic E-state index is 0.152. The van der Waals surface area contributed by atoms with E-state index in [2.05, 4.69) is 4.98 Å². The van der Waals surface area contributed by atoms with E-state index in [1.807, 2.05) is 0 Å². The fraction of sp³-hybridized carbons (Fsp3) is 0.0667. The lowest BCUT2D eigenvalue weighted by atomic mass is 10.1. The topological polar surface area (TPSA) is 54.6 Å². The molecule has 0 fully saturated rings. The summed E-state index contributed by atoms with van der Waals surface area (Å²) < 4.78 is 39.9. The van der Waals surface area contributed by atoms with Crippen LogP contribution in [-0.4, -0.2) is 20.5 Å². The molecule has 4 nitrogen and oxygen atoms in total. The zero-order valence-electron chi connectivity index (χ0n) is 11.0. The van der Waals surface area contributed by atoms with Crippen molar-refractivity contribution in [1.29, 1.82) is 0 Å². The van der Waals surface area contributed by atoms with Crippen molar-refractivity contribution < 1.29 is 23.1 Å². The number of benzene rings is 1. The zero-order chi connectivity index (χ0) is 15.9. The van der Waals surface area contributed by atoms with Gasteiger partial charge in [-0.2, -0.15) is 13.2 Å². The molecule has 112 valence electrons. The van der Waals surface area contributed by atoms with Crippen molar-refractivity contribution in [3.63, 3.8) is 0 Å². The molecule has 1 aromatic carbocycles. The monoisotopic (exact) mass is 306 g/mol. The Bertz CT molecular complexity index is 869. The molecule has 0 saturated heterocycles. The van der Waals surface area contributed by atoms with Gasteiger partial charge in [-0.1, -0.05) is 18.2 Å². The number of alkyl halides is 3. The normalized spacial score (nSPS) is 11.8. The van der Waals surface area contributed by atoms with Gasteiger partial charge in [0, 0.05) is 11.8 Å². The highest BCUT2D eigenvalue weighted by Crippen LogP contribution is 2.32. The average molecular weight is 306 g/mol. The first-order valence-corrected chi connectivity index (χ1v) is 6.26. The van der Waals surface area contributed by atoms with Crippen molar-refractivity contribution in [2.45, 2.75) is 6.18 Å². The summed E-state index contributed by atoms with van der Waals surface area (Å²) in [6.45, 7) is 0. The maximum Gasteiger partial charge on any atom is 0.416 e. The minimum atomic E-state index is -4.47. The molecule has 0 bridgehead atoms. The van der Waals surface area contributed by atoms with E-state index in [0.717, 1.165) is 12.1 Å². The number of halogens is 3. The first-order valence-electron chi connectivity index (χ1n) is 6.26. The molecule has 0 atom stereocenters. The third-order valence-corrected chi connectivity index (χ3v) is 3.20. The second-order valence-corrected chi connectivity index (χ2v) is 4.62. The van der Waals surface area contributed by atoms with Crippen LogP contribution < -0.4 is 0 Å². The van der Waals surface area contributed by atoms with Crippen molar-refractivity contribution in [2.75, 3.05) is 0 Å². The molecule has 3 rings (SSSR count). The van der Waals surface area contributed by atoms with Crippen LogP contribution in [0.2, 0.25) is 0 Å². The number of imidazole rings is 1. The van der Waals surface area contributed by atoms with Gasteiger partial charge in [-0.05, 0) is 24.3 Å². The van der Waals surface area contributed by atoms with Crippen LogP contribution >= 0.6 is 0 Å². The van der Waals surface area contributed by atoms with Crippen LogP contribution in [0.3, 0.4) is 0 Å². The van der Waals surface area contributed by atoms with Crippen molar-refractivity contribution in [3.8, 4) is 11.4 Å². The molecular weight excluding hydrogens is 297 g/mol. The van der Waals surface area contributed by atoms with Crippen molar-refractivity contribution >= 4 is 11.5 Å². The van der Waals surface area contributed by atoms with E-state index < -0.39 is 17.7 Å². The summed E-state index contributed by atoms with van der Waals surface area (Å²) >= 11 is 0. The van der Waals surface area contributed by atoms with Gasteiger partial charge in [0.05, 0.1) is 11.1 Å². The van der Waals surface area contributed by atoms with Gasteiger partial charge < -0.3 is 5.11 Å². The molecule has 0 unspecified atom stereocenters. The molecule has 7 heteroatoms. The summed E-state index contributed by atoms with van der Waals surface area (Å²) in [4.78, 5) is 15.2. The highest BCUT2D eigenvalue weighted by atomic mass is 19.4. The Morgan fingerprint density at radius 2 is 1.91 bits per heavy atom. The highest BCUT2D eigenvalue weighted by molar-refractivity contribution is 5.94. The molecule has 22 heavy (non-hydrogen) atoms. The molecule has 0 aliphatic heterocycles. The lowest BCUT2D eigenvalue weighted by Crippen LogP contribution is -2.04. The second kappa shape index (κ2) is 4.87. The lowest BCUT2D eigenvalue weighted by Gasteiger charge is -2.08.